The Morgan fingerprint density at radius 3 is 2.80 bits per heavy atom. The van der Waals surface area contributed by atoms with E-state index in [1.807, 2.05) is 13.1 Å². The normalized spacial score (nSPS) is 13.9. The summed E-state index contributed by atoms with van der Waals surface area (Å²) in [6.45, 7) is 0.243. The van der Waals surface area contributed by atoms with E-state index in [2.05, 4.69) is 10.4 Å². The van der Waals surface area contributed by atoms with Crippen molar-refractivity contribution in [2.75, 3.05) is 5.32 Å². The lowest BCUT2D eigenvalue weighted by atomic mass is 10.2. The number of nitrogens with zero attached hydrogens (tertiary/aromatic N) is 2. The number of benzene rings is 1. The maximum atomic E-state index is 13.5. The molecule has 6 heteroatoms. The second-order valence-corrected chi connectivity index (χ2v) is 4.92. The van der Waals surface area contributed by atoms with Crippen molar-refractivity contribution in [2.45, 2.75) is 25.3 Å². The van der Waals surface area contributed by atoms with E-state index in [0.29, 0.717) is 11.5 Å². The van der Waals surface area contributed by atoms with Crippen LogP contribution in [0.5, 0.6) is 0 Å². The number of halogens is 3. The van der Waals surface area contributed by atoms with E-state index >= 15 is 0 Å². The molecule has 3 rings (SSSR count). The summed E-state index contributed by atoms with van der Waals surface area (Å²) >= 11 is 0. The maximum Gasteiger partial charge on any atom is 0.163 e. The van der Waals surface area contributed by atoms with Gasteiger partial charge in [0.1, 0.15) is 5.82 Å². The first-order valence-electron chi connectivity index (χ1n) is 6.36. The SMILES string of the molecule is Cl.Cn1nc(C2CC2)cc1NCc1cccc(F)c1F. The Morgan fingerprint density at radius 2 is 2.10 bits per heavy atom. The van der Waals surface area contributed by atoms with E-state index in [9.17, 15) is 8.78 Å². The number of hydrogen-bond donors (Lipinski definition) is 1. The van der Waals surface area contributed by atoms with Gasteiger partial charge >= 0.3 is 0 Å². The van der Waals surface area contributed by atoms with E-state index < -0.39 is 11.6 Å². The zero-order valence-electron chi connectivity index (χ0n) is 11.1. The second kappa shape index (κ2) is 5.79. The van der Waals surface area contributed by atoms with Crippen molar-refractivity contribution in [3.8, 4) is 0 Å². The third-order valence-electron chi connectivity index (χ3n) is 3.39. The number of aryl methyl sites for hydroxylation is 1. The van der Waals surface area contributed by atoms with E-state index in [-0.39, 0.29) is 19.0 Å². The molecule has 0 atom stereocenters. The Morgan fingerprint density at radius 1 is 1.35 bits per heavy atom. The van der Waals surface area contributed by atoms with Crippen LogP contribution in [0.15, 0.2) is 24.3 Å². The van der Waals surface area contributed by atoms with Gasteiger partial charge in [-0.2, -0.15) is 5.10 Å². The highest BCUT2D eigenvalue weighted by molar-refractivity contribution is 5.85. The summed E-state index contributed by atoms with van der Waals surface area (Å²) in [7, 11) is 1.84. The van der Waals surface area contributed by atoms with Crippen molar-refractivity contribution in [1.82, 2.24) is 9.78 Å². The number of aromatic nitrogens is 2. The standard InChI is InChI=1S/C14H15F2N3.ClH/c1-19-13(7-12(18-19)9-5-6-9)17-8-10-3-2-4-11(15)14(10)16;/h2-4,7,9,17H,5-6,8H2,1H3;1H. The van der Waals surface area contributed by atoms with Gasteiger partial charge in [-0.3, -0.25) is 4.68 Å². The van der Waals surface area contributed by atoms with Crippen LogP contribution in [0.4, 0.5) is 14.6 Å². The third kappa shape index (κ3) is 2.93. The molecule has 1 aliphatic rings. The van der Waals surface area contributed by atoms with Gasteiger partial charge in [-0.1, -0.05) is 12.1 Å². The van der Waals surface area contributed by atoms with Crippen LogP contribution in [0.25, 0.3) is 0 Å². The van der Waals surface area contributed by atoms with Gasteiger partial charge in [0.05, 0.1) is 5.69 Å². The third-order valence-corrected chi connectivity index (χ3v) is 3.39. The van der Waals surface area contributed by atoms with Crippen LogP contribution in [0, 0.1) is 11.6 Å². The average Bonchev–Trinajstić information content (AvgIpc) is 3.16. The highest BCUT2D eigenvalue weighted by Gasteiger charge is 2.26. The smallest absolute Gasteiger partial charge is 0.163 e. The molecule has 1 heterocycles. The minimum atomic E-state index is -0.817. The fourth-order valence-corrected chi connectivity index (χ4v) is 2.10. The molecule has 1 aliphatic carbocycles. The molecule has 0 radical (unpaired) electrons. The zero-order chi connectivity index (χ0) is 13.4. The van der Waals surface area contributed by atoms with Crippen molar-refractivity contribution >= 4 is 18.2 Å². The molecule has 0 unspecified atom stereocenters. The Labute approximate surface area is 122 Å². The van der Waals surface area contributed by atoms with Gasteiger partial charge in [0.25, 0.3) is 0 Å². The second-order valence-electron chi connectivity index (χ2n) is 4.92. The van der Waals surface area contributed by atoms with Crippen LogP contribution in [0.2, 0.25) is 0 Å². The minimum absolute atomic E-state index is 0. The van der Waals surface area contributed by atoms with E-state index in [0.717, 1.165) is 17.6 Å². The Bertz CT molecular complexity index is 608. The fourth-order valence-electron chi connectivity index (χ4n) is 2.10. The molecular formula is C14H16ClF2N3. The van der Waals surface area contributed by atoms with Crippen molar-refractivity contribution in [3.63, 3.8) is 0 Å². The molecule has 1 aromatic carbocycles. The summed E-state index contributed by atoms with van der Waals surface area (Å²) in [6.07, 6.45) is 2.38. The molecule has 2 aromatic rings. The van der Waals surface area contributed by atoms with Crippen molar-refractivity contribution in [3.05, 3.63) is 47.2 Å². The van der Waals surface area contributed by atoms with E-state index in [1.54, 1.807) is 10.7 Å². The molecule has 3 nitrogen and oxygen atoms in total. The summed E-state index contributed by atoms with van der Waals surface area (Å²) in [5.41, 5.74) is 1.39. The predicted molar refractivity (Wildman–Crippen MR) is 76.1 cm³/mol. The Balaban J connectivity index is 0.00000147. The largest absolute Gasteiger partial charge is 0.366 e. The first-order valence-corrected chi connectivity index (χ1v) is 6.36. The van der Waals surface area contributed by atoms with Gasteiger partial charge in [0, 0.05) is 31.1 Å². The topological polar surface area (TPSA) is 29.9 Å². The number of rotatable bonds is 4. The molecule has 0 spiro atoms. The highest BCUT2D eigenvalue weighted by Crippen LogP contribution is 2.39. The Kier molecular flexibility index (Phi) is 4.28. The van der Waals surface area contributed by atoms with Crippen LogP contribution in [0.3, 0.4) is 0 Å². The van der Waals surface area contributed by atoms with Crippen molar-refractivity contribution < 1.29 is 8.78 Å². The summed E-state index contributed by atoms with van der Waals surface area (Å²) in [6, 6.07) is 6.18. The van der Waals surface area contributed by atoms with Crippen LogP contribution in [-0.4, -0.2) is 9.78 Å². The average molecular weight is 300 g/mol. The quantitative estimate of drug-likeness (QED) is 0.934. The molecule has 0 bridgehead atoms. The zero-order valence-corrected chi connectivity index (χ0v) is 11.9. The minimum Gasteiger partial charge on any atom is -0.366 e. The molecule has 1 fully saturated rings. The summed E-state index contributed by atoms with van der Waals surface area (Å²) in [4.78, 5) is 0. The summed E-state index contributed by atoms with van der Waals surface area (Å²) < 4.78 is 28.3. The monoisotopic (exact) mass is 299 g/mol. The molecule has 1 N–H and O–H groups in total. The van der Waals surface area contributed by atoms with Gasteiger partial charge in [-0.15, -0.1) is 12.4 Å². The molecular weight excluding hydrogens is 284 g/mol. The van der Waals surface area contributed by atoms with Gasteiger partial charge in [0.2, 0.25) is 0 Å². The van der Waals surface area contributed by atoms with Gasteiger partial charge in [-0.05, 0) is 18.9 Å². The van der Waals surface area contributed by atoms with Gasteiger partial charge in [0.15, 0.2) is 11.6 Å². The van der Waals surface area contributed by atoms with Gasteiger partial charge in [-0.25, -0.2) is 8.78 Å². The fraction of sp³-hybridized carbons (Fsp3) is 0.357. The first-order chi connectivity index (χ1) is 9.15. The molecule has 20 heavy (non-hydrogen) atoms. The van der Waals surface area contributed by atoms with Gasteiger partial charge < -0.3 is 5.32 Å². The molecule has 1 saturated carbocycles. The van der Waals surface area contributed by atoms with Crippen LogP contribution >= 0.6 is 12.4 Å². The molecule has 1 aromatic heterocycles. The van der Waals surface area contributed by atoms with E-state index in [4.69, 9.17) is 0 Å². The van der Waals surface area contributed by atoms with Crippen LogP contribution in [0.1, 0.15) is 30.0 Å². The van der Waals surface area contributed by atoms with Crippen LogP contribution in [-0.2, 0) is 13.6 Å². The predicted octanol–water partition coefficient (Wildman–Crippen LogP) is 3.61. The van der Waals surface area contributed by atoms with E-state index in [1.165, 1.54) is 18.9 Å². The number of nitrogens with one attached hydrogen (secondary N) is 1. The maximum absolute atomic E-state index is 13.5. The Hall–Kier alpha value is -1.62. The molecule has 0 saturated heterocycles. The lowest BCUT2D eigenvalue weighted by Crippen LogP contribution is -2.06. The summed E-state index contributed by atoms with van der Waals surface area (Å²) in [5, 5.41) is 7.51. The van der Waals surface area contributed by atoms with Crippen LogP contribution < -0.4 is 5.32 Å². The van der Waals surface area contributed by atoms with Crippen molar-refractivity contribution in [1.29, 1.82) is 0 Å². The first kappa shape index (κ1) is 14.8. The molecule has 0 amide bonds. The molecule has 108 valence electrons. The lowest BCUT2D eigenvalue weighted by molar-refractivity contribution is 0.500. The van der Waals surface area contributed by atoms with Crippen molar-refractivity contribution in [2.24, 2.45) is 7.05 Å². The lowest BCUT2D eigenvalue weighted by Gasteiger charge is -2.07. The number of hydrogen-bond acceptors (Lipinski definition) is 2. The molecule has 0 aliphatic heterocycles. The highest BCUT2D eigenvalue weighted by atomic mass is 35.5. The summed E-state index contributed by atoms with van der Waals surface area (Å²) in [5.74, 6) is -0.208. The number of anilines is 1.